The van der Waals surface area contributed by atoms with Crippen molar-refractivity contribution in [3.8, 4) is 16.2 Å². The number of benzene rings is 2. The van der Waals surface area contributed by atoms with Crippen LogP contribution in [-0.2, 0) is 16.1 Å². The van der Waals surface area contributed by atoms with Crippen molar-refractivity contribution < 1.29 is 19.5 Å². The van der Waals surface area contributed by atoms with Crippen LogP contribution >= 0.6 is 11.3 Å². The molecule has 1 aromatic heterocycles. The van der Waals surface area contributed by atoms with E-state index in [0.717, 1.165) is 28.8 Å². The highest BCUT2D eigenvalue weighted by Gasteiger charge is 2.09. The molecule has 0 radical (unpaired) electrons. The van der Waals surface area contributed by atoms with Gasteiger partial charge in [0.2, 0.25) is 0 Å². The maximum absolute atomic E-state index is 10.9. The summed E-state index contributed by atoms with van der Waals surface area (Å²) < 4.78 is 5.75. The predicted octanol–water partition coefficient (Wildman–Crippen LogP) is 5.56. The highest BCUT2D eigenvalue weighted by Crippen LogP contribution is 2.25. The fraction of sp³-hybridized carbons (Fsp3) is 0.250. The first-order chi connectivity index (χ1) is 14.6. The van der Waals surface area contributed by atoms with E-state index in [2.05, 4.69) is 40.9 Å². The number of hydrogen-bond donors (Lipinski definition) is 1. The number of aliphatic carboxylic acids is 1. The van der Waals surface area contributed by atoms with Crippen LogP contribution in [0.2, 0.25) is 0 Å². The zero-order valence-electron chi connectivity index (χ0n) is 17.1. The first-order valence-corrected chi connectivity index (χ1v) is 10.7. The molecule has 0 aliphatic carbocycles. The van der Waals surface area contributed by atoms with Crippen molar-refractivity contribution in [2.45, 2.75) is 26.7 Å². The monoisotopic (exact) mass is 423 g/mol. The maximum Gasteiger partial charge on any atom is 0.307 e. The fourth-order valence-electron chi connectivity index (χ4n) is 3.07. The number of carboxylic acid groups (broad SMARTS) is 1. The number of rotatable bonds is 10. The molecule has 3 rings (SSSR count). The Bertz CT molecular complexity index is 995. The largest absolute Gasteiger partial charge is 0.490 e. The molecule has 0 atom stereocenters. The molecule has 0 unspecified atom stereocenters. The van der Waals surface area contributed by atoms with Crippen LogP contribution in [0, 0.1) is 6.92 Å². The Kier molecular flexibility index (Phi) is 7.63. The Hall–Kier alpha value is -3.12. The molecule has 2 aromatic carbocycles. The zero-order valence-corrected chi connectivity index (χ0v) is 17.9. The topological polar surface area (TPSA) is 68.1 Å². The smallest absolute Gasteiger partial charge is 0.307 e. The van der Waals surface area contributed by atoms with E-state index < -0.39 is 5.97 Å². The van der Waals surface area contributed by atoms with Gasteiger partial charge in [0.1, 0.15) is 12.4 Å². The van der Waals surface area contributed by atoms with Gasteiger partial charge in [-0.15, -0.1) is 11.3 Å². The molecule has 0 saturated heterocycles. The molecule has 0 saturated carbocycles. The SMILES string of the molecule is CCC(=NOCCOc1cccc(CC(=O)O)c1C)c1ccc(-c2cccs2)cc1. The summed E-state index contributed by atoms with van der Waals surface area (Å²) in [5.41, 5.74) is 4.70. The van der Waals surface area contributed by atoms with Crippen molar-refractivity contribution in [2.75, 3.05) is 13.2 Å². The van der Waals surface area contributed by atoms with Gasteiger partial charge >= 0.3 is 5.97 Å². The molecule has 156 valence electrons. The van der Waals surface area contributed by atoms with Gasteiger partial charge in [-0.1, -0.05) is 54.5 Å². The first kappa shape index (κ1) is 21.6. The minimum atomic E-state index is -0.858. The summed E-state index contributed by atoms with van der Waals surface area (Å²) in [4.78, 5) is 17.7. The molecule has 6 heteroatoms. The predicted molar refractivity (Wildman–Crippen MR) is 121 cm³/mol. The second-order valence-corrected chi connectivity index (χ2v) is 7.69. The van der Waals surface area contributed by atoms with Crippen LogP contribution < -0.4 is 4.74 Å². The van der Waals surface area contributed by atoms with Gasteiger partial charge in [0.25, 0.3) is 0 Å². The van der Waals surface area contributed by atoms with Gasteiger partial charge in [0, 0.05) is 4.88 Å². The summed E-state index contributed by atoms with van der Waals surface area (Å²) in [7, 11) is 0. The highest BCUT2D eigenvalue weighted by atomic mass is 32.1. The van der Waals surface area contributed by atoms with Crippen molar-refractivity contribution in [3.63, 3.8) is 0 Å². The van der Waals surface area contributed by atoms with E-state index in [1.54, 1.807) is 23.5 Å². The molecule has 0 aliphatic heterocycles. The Labute approximate surface area is 180 Å². The summed E-state index contributed by atoms with van der Waals surface area (Å²) in [6.45, 7) is 4.54. The van der Waals surface area contributed by atoms with E-state index >= 15 is 0 Å². The lowest BCUT2D eigenvalue weighted by atomic mass is 10.1. The van der Waals surface area contributed by atoms with E-state index in [1.165, 1.54) is 10.4 Å². The Morgan fingerprint density at radius 3 is 2.53 bits per heavy atom. The average Bonchev–Trinajstić information content (AvgIpc) is 3.28. The molecular formula is C24H25NO4S. The molecule has 30 heavy (non-hydrogen) atoms. The minimum Gasteiger partial charge on any atom is -0.490 e. The summed E-state index contributed by atoms with van der Waals surface area (Å²) in [6.07, 6.45) is 0.741. The van der Waals surface area contributed by atoms with E-state index in [0.29, 0.717) is 19.0 Å². The number of oxime groups is 1. The Morgan fingerprint density at radius 2 is 1.87 bits per heavy atom. The van der Waals surface area contributed by atoms with Gasteiger partial charge in [-0.05, 0) is 53.1 Å². The minimum absolute atomic E-state index is 0.0189. The zero-order chi connectivity index (χ0) is 21.3. The van der Waals surface area contributed by atoms with Crippen molar-refractivity contribution in [2.24, 2.45) is 5.16 Å². The summed E-state index contributed by atoms with van der Waals surface area (Å²) in [5, 5.41) is 15.3. The summed E-state index contributed by atoms with van der Waals surface area (Å²) in [5.74, 6) is -0.190. The Balaban J connectivity index is 1.54. The highest BCUT2D eigenvalue weighted by molar-refractivity contribution is 7.13. The molecule has 0 aliphatic rings. The van der Waals surface area contributed by atoms with E-state index in [1.807, 2.05) is 26.0 Å². The molecule has 1 N–H and O–H groups in total. The number of nitrogens with zero attached hydrogens (tertiary/aromatic N) is 1. The fourth-order valence-corrected chi connectivity index (χ4v) is 3.81. The van der Waals surface area contributed by atoms with Crippen molar-refractivity contribution >= 4 is 23.0 Å². The van der Waals surface area contributed by atoms with Gasteiger partial charge in [-0.25, -0.2) is 0 Å². The third kappa shape index (κ3) is 5.70. The van der Waals surface area contributed by atoms with Crippen molar-refractivity contribution in [3.05, 3.63) is 76.7 Å². The van der Waals surface area contributed by atoms with E-state index in [9.17, 15) is 4.79 Å². The quantitative estimate of drug-likeness (QED) is 0.263. The van der Waals surface area contributed by atoms with Gasteiger partial charge in [0.15, 0.2) is 6.61 Å². The van der Waals surface area contributed by atoms with Crippen LogP contribution in [0.5, 0.6) is 5.75 Å². The van der Waals surface area contributed by atoms with Crippen LogP contribution in [0.4, 0.5) is 0 Å². The lowest BCUT2D eigenvalue weighted by Gasteiger charge is -2.11. The second kappa shape index (κ2) is 10.6. The van der Waals surface area contributed by atoms with Gasteiger partial charge in [-0.3, -0.25) is 4.79 Å². The molecule has 0 fully saturated rings. The second-order valence-electron chi connectivity index (χ2n) is 6.74. The molecule has 3 aromatic rings. The van der Waals surface area contributed by atoms with Crippen LogP contribution in [0.3, 0.4) is 0 Å². The Morgan fingerprint density at radius 1 is 1.07 bits per heavy atom. The average molecular weight is 424 g/mol. The normalized spacial score (nSPS) is 11.3. The number of ether oxygens (including phenoxy) is 1. The molecule has 0 bridgehead atoms. The number of hydrogen-bond acceptors (Lipinski definition) is 5. The third-order valence-corrected chi connectivity index (χ3v) is 5.62. The number of thiophene rings is 1. The van der Waals surface area contributed by atoms with Crippen LogP contribution in [0.25, 0.3) is 10.4 Å². The number of carbonyl (C=O) groups is 1. The van der Waals surface area contributed by atoms with Gasteiger partial charge in [-0.2, -0.15) is 0 Å². The van der Waals surface area contributed by atoms with Gasteiger partial charge in [0.05, 0.1) is 12.1 Å². The first-order valence-electron chi connectivity index (χ1n) is 9.84. The van der Waals surface area contributed by atoms with E-state index in [-0.39, 0.29) is 6.42 Å². The molecule has 1 heterocycles. The van der Waals surface area contributed by atoms with Crippen LogP contribution in [0.1, 0.15) is 30.0 Å². The standard InChI is InChI=1S/C24H25NO4S/c1-3-21(18-9-11-19(12-10-18)23-8-5-15-30-23)25-29-14-13-28-22-7-4-6-20(17(22)2)16-24(26)27/h4-12,15H,3,13-14,16H2,1-2H3,(H,26,27). The molecular weight excluding hydrogens is 398 g/mol. The number of carboxylic acids is 1. The van der Waals surface area contributed by atoms with Crippen molar-refractivity contribution in [1.82, 2.24) is 0 Å². The molecule has 5 nitrogen and oxygen atoms in total. The molecule has 0 spiro atoms. The van der Waals surface area contributed by atoms with Gasteiger partial charge < -0.3 is 14.7 Å². The lowest BCUT2D eigenvalue weighted by molar-refractivity contribution is -0.136. The van der Waals surface area contributed by atoms with E-state index in [4.69, 9.17) is 14.7 Å². The van der Waals surface area contributed by atoms with Crippen LogP contribution in [-0.4, -0.2) is 30.0 Å². The summed E-state index contributed by atoms with van der Waals surface area (Å²) >= 11 is 1.72. The summed E-state index contributed by atoms with van der Waals surface area (Å²) in [6, 6.07) is 17.9. The molecule has 0 amide bonds. The van der Waals surface area contributed by atoms with Crippen LogP contribution in [0.15, 0.2) is 65.1 Å². The lowest BCUT2D eigenvalue weighted by Crippen LogP contribution is -2.08. The maximum atomic E-state index is 10.9. The third-order valence-electron chi connectivity index (χ3n) is 4.70. The van der Waals surface area contributed by atoms with Crippen molar-refractivity contribution in [1.29, 1.82) is 0 Å².